The van der Waals surface area contributed by atoms with E-state index in [4.69, 9.17) is 16.3 Å². The molecule has 0 unspecified atom stereocenters. The second-order valence-electron chi connectivity index (χ2n) is 6.62. The quantitative estimate of drug-likeness (QED) is 0.852. The molecule has 1 N–H and O–H groups in total. The molecule has 1 aliphatic heterocycles. The first-order valence-corrected chi connectivity index (χ1v) is 7.86. The second kappa shape index (κ2) is 5.47. The number of carbonyl (C=O) groups is 1. The summed E-state index contributed by atoms with van der Waals surface area (Å²) >= 11 is 6.00. The summed E-state index contributed by atoms with van der Waals surface area (Å²) in [5, 5.41) is 0.654. The number of likely N-dealkylation sites (tertiary alicyclic amines) is 1. The Balaban J connectivity index is 1.86. The maximum absolute atomic E-state index is 12.4. The van der Waals surface area contributed by atoms with Crippen molar-refractivity contribution >= 4 is 28.7 Å². The van der Waals surface area contributed by atoms with E-state index in [9.17, 15) is 4.79 Å². The fraction of sp³-hybridized carbons (Fsp3) is 0.500. The van der Waals surface area contributed by atoms with E-state index in [-0.39, 0.29) is 12.1 Å². The highest BCUT2D eigenvalue weighted by atomic mass is 35.5. The van der Waals surface area contributed by atoms with Crippen molar-refractivity contribution in [3.63, 3.8) is 0 Å². The molecule has 2 aromatic rings. The third-order valence-corrected chi connectivity index (χ3v) is 3.89. The third-order valence-electron chi connectivity index (χ3n) is 3.66. The van der Waals surface area contributed by atoms with E-state index in [2.05, 4.69) is 9.97 Å². The molecule has 22 heavy (non-hydrogen) atoms. The van der Waals surface area contributed by atoms with E-state index in [1.807, 2.05) is 39.0 Å². The number of hydrogen-bond donors (Lipinski definition) is 1. The van der Waals surface area contributed by atoms with Gasteiger partial charge >= 0.3 is 6.09 Å². The molecule has 0 aliphatic carbocycles. The first-order valence-electron chi connectivity index (χ1n) is 7.48. The van der Waals surface area contributed by atoms with Gasteiger partial charge in [0.05, 0.1) is 17.1 Å². The number of ether oxygens (including phenoxy) is 1. The summed E-state index contributed by atoms with van der Waals surface area (Å²) in [6, 6.07) is 5.48. The van der Waals surface area contributed by atoms with Crippen molar-refractivity contribution in [2.45, 2.75) is 45.3 Å². The van der Waals surface area contributed by atoms with Crippen molar-refractivity contribution in [2.24, 2.45) is 0 Å². The summed E-state index contributed by atoms with van der Waals surface area (Å²) < 4.78 is 5.49. The molecule has 1 atom stereocenters. The van der Waals surface area contributed by atoms with Crippen molar-refractivity contribution in [3.8, 4) is 0 Å². The number of amides is 1. The fourth-order valence-corrected chi connectivity index (χ4v) is 2.91. The van der Waals surface area contributed by atoms with Crippen LogP contribution in [-0.4, -0.2) is 33.1 Å². The van der Waals surface area contributed by atoms with Crippen LogP contribution in [0, 0.1) is 0 Å². The van der Waals surface area contributed by atoms with Crippen LogP contribution >= 0.6 is 11.6 Å². The third kappa shape index (κ3) is 3.04. The summed E-state index contributed by atoms with van der Waals surface area (Å²) in [4.78, 5) is 22.0. The molecule has 0 saturated carbocycles. The highest BCUT2D eigenvalue weighted by Crippen LogP contribution is 2.33. The van der Waals surface area contributed by atoms with Gasteiger partial charge in [-0.3, -0.25) is 4.90 Å². The maximum Gasteiger partial charge on any atom is 0.410 e. The number of nitrogens with zero attached hydrogens (tertiary/aromatic N) is 2. The first-order chi connectivity index (χ1) is 10.3. The van der Waals surface area contributed by atoms with Gasteiger partial charge in [0.1, 0.15) is 11.4 Å². The molecule has 6 heteroatoms. The number of rotatable bonds is 1. The lowest BCUT2D eigenvalue weighted by atomic mass is 10.2. The molecule has 1 saturated heterocycles. The van der Waals surface area contributed by atoms with Crippen LogP contribution in [0.25, 0.3) is 11.0 Å². The number of nitrogens with one attached hydrogen (secondary N) is 1. The Kier molecular flexibility index (Phi) is 3.77. The van der Waals surface area contributed by atoms with Crippen molar-refractivity contribution in [3.05, 3.63) is 29.0 Å². The van der Waals surface area contributed by atoms with Gasteiger partial charge in [-0.05, 0) is 51.8 Å². The zero-order valence-corrected chi connectivity index (χ0v) is 13.8. The number of carbonyl (C=O) groups excluding carboxylic acids is 1. The molecule has 0 spiro atoms. The normalized spacial score (nSPS) is 18.9. The van der Waals surface area contributed by atoms with Crippen LogP contribution in [0.15, 0.2) is 18.2 Å². The van der Waals surface area contributed by atoms with Gasteiger partial charge in [0.2, 0.25) is 0 Å². The Bertz CT molecular complexity index is 705. The summed E-state index contributed by atoms with van der Waals surface area (Å²) in [5.74, 6) is 0.792. The van der Waals surface area contributed by atoms with E-state index in [0.29, 0.717) is 11.6 Å². The lowest BCUT2D eigenvalue weighted by Crippen LogP contribution is -2.36. The molecule has 1 aromatic carbocycles. The minimum atomic E-state index is -0.494. The molecular weight excluding hydrogens is 302 g/mol. The Morgan fingerprint density at radius 1 is 1.45 bits per heavy atom. The van der Waals surface area contributed by atoms with Gasteiger partial charge < -0.3 is 9.72 Å². The van der Waals surface area contributed by atoms with Crippen LogP contribution in [-0.2, 0) is 4.74 Å². The van der Waals surface area contributed by atoms with E-state index < -0.39 is 5.60 Å². The van der Waals surface area contributed by atoms with Gasteiger partial charge in [-0.2, -0.15) is 0 Å². The molecule has 2 heterocycles. The number of fused-ring (bicyclic) bond motifs is 1. The van der Waals surface area contributed by atoms with Gasteiger partial charge in [0.25, 0.3) is 0 Å². The fourth-order valence-electron chi connectivity index (χ4n) is 2.75. The molecule has 1 aliphatic rings. The molecule has 1 fully saturated rings. The van der Waals surface area contributed by atoms with Crippen LogP contribution in [0.1, 0.15) is 45.5 Å². The van der Waals surface area contributed by atoms with Gasteiger partial charge in [0, 0.05) is 11.6 Å². The Morgan fingerprint density at radius 3 is 2.95 bits per heavy atom. The summed E-state index contributed by atoms with van der Waals surface area (Å²) in [6.45, 7) is 6.31. The SMILES string of the molecule is CC(C)(C)OC(=O)N1CCC[C@H]1c1nc2cc(Cl)ccc2[nH]1. The molecule has 0 radical (unpaired) electrons. The average Bonchev–Trinajstić information content (AvgIpc) is 3.01. The molecular formula is C16H20ClN3O2. The largest absolute Gasteiger partial charge is 0.444 e. The lowest BCUT2D eigenvalue weighted by molar-refractivity contribution is 0.0219. The number of halogens is 1. The maximum atomic E-state index is 12.4. The Hall–Kier alpha value is -1.75. The Morgan fingerprint density at radius 2 is 2.23 bits per heavy atom. The molecule has 3 rings (SSSR count). The van der Waals surface area contributed by atoms with E-state index in [1.54, 1.807) is 4.90 Å². The van der Waals surface area contributed by atoms with Gasteiger partial charge in [-0.15, -0.1) is 0 Å². The lowest BCUT2D eigenvalue weighted by Gasteiger charge is -2.27. The minimum absolute atomic E-state index is 0.0685. The average molecular weight is 322 g/mol. The van der Waals surface area contributed by atoms with Crippen molar-refractivity contribution < 1.29 is 9.53 Å². The molecule has 5 nitrogen and oxygen atoms in total. The molecule has 1 aromatic heterocycles. The first kappa shape index (κ1) is 15.2. The number of H-pyrrole nitrogens is 1. The summed E-state index contributed by atoms with van der Waals surface area (Å²) in [6.07, 6.45) is 1.54. The van der Waals surface area contributed by atoms with Gasteiger partial charge in [-0.25, -0.2) is 9.78 Å². The number of benzene rings is 1. The van der Waals surface area contributed by atoms with E-state index in [0.717, 1.165) is 29.7 Å². The number of aromatic nitrogens is 2. The monoisotopic (exact) mass is 321 g/mol. The number of hydrogen-bond acceptors (Lipinski definition) is 3. The highest BCUT2D eigenvalue weighted by molar-refractivity contribution is 6.31. The standard InChI is InChI=1S/C16H20ClN3O2/c1-16(2,3)22-15(21)20-8-4-5-13(20)14-18-11-7-6-10(17)9-12(11)19-14/h6-7,9,13H,4-5,8H2,1-3H3,(H,18,19)/t13-/m0/s1. The van der Waals surface area contributed by atoms with Crippen LogP contribution in [0.2, 0.25) is 5.02 Å². The zero-order chi connectivity index (χ0) is 15.9. The minimum Gasteiger partial charge on any atom is -0.444 e. The van der Waals surface area contributed by atoms with Crippen LogP contribution in [0.4, 0.5) is 4.79 Å². The molecule has 1 amide bonds. The van der Waals surface area contributed by atoms with Gasteiger partial charge in [0.15, 0.2) is 0 Å². The molecule has 0 bridgehead atoms. The summed E-state index contributed by atoms with van der Waals surface area (Å²) in [5.41, 5.74) is 1.25. The summed E-state index contributed by atoms with van der Waals surface area (Å²) in [7, 11) is 0. The van der Waals surface area contributed by atoms with E-state index >= 15 is 0 Å². The Labute approximate surface area is 134 Å². The number of imidazole rings is 1. The van der Waals surface area contributed by atoms with Gasteiger partial charge in [-0.1, -0.05) is 11.6 Å². The predicted octanol–water partition coefficient (Wildman–Crippen LogP) is 4.29. The second-order valence-corrected chi connectivity index (χ2v) is 7.05. The van der Waals surface area contributed by atoms with E-state index in [1.165, 1.54) is 0 Å². The van der Waals surface area contributed by atoms with Crippen molar-refractivity contribution in [1.82, 2.24) is 14.9 Å². The zero-order valence-electron chi connectivity index (χ0n) is 13.0. The highest BCUT2D eigenvalue weighted by Gasteiger charge is 2.34. The smallest absolute Gasteiger partial charge is 0.410 e. The van der Waals surface area contributed by atoms with Crippen LogP contribution in [0.3, 0.4) is 0 Å². The number of aromatic amines is 1. The molecule has 118 valence electrons. The van der Waals surface area contributed by atoms with Crippen LogP contribution < -0.4 is 0 Å². The predicted molar refractivity (Wildman–Crippen MR) is 86.0 cm³/mol. The van der Waals surface area contributed by atoms with Crippen molar-refractivity contribution in [1.29, 1.82) is 0 Å². The van der Waals surface area contributed by atoms with Crippen molar-refractivity contribution in [2.75, 3.05) is 6.54 Å². The van der Waals surface area contributed by atoms with Crippen LogP contribution in [0.5, 0.6) is 0 Å². The topological polar surface area (TPSA) is 58.2 Å².